The van der Waals surface area contributed by atoms with Crippen molar-refractivity contribution in [3.8, 4) is 0 Å². The maximum absolute atomic E-state index is 13.3. The van der Waals surface area contributed by atoms with Crippen LogP contribution >= 0.6 is 23.1 Å². The molecule has 0 atom stereocenters. The summed E-state index contributed by atoms with van der Waals surface area (Å²) in [6.07, 6.45) is 1.84. The highest BCUT2D eigenvalue weighted by molar-refractivity contribution is 7.98. The summed E-state index contributed by atoms with van der Waals surface area (Å²) in [7, 11) is 0. The van der Waals surface area contributed by atoms with E-state index < -0.39 is 0 Å². The third-order valence-electron chi connectivity index (χ3n) is 5.75. The Labute approximate surface area is 200 Å². The Morgan fingerprint density at radius 3 is 2.45 bits per heavy atom. The van der Waals surface area contributed by atoms with Gasteiger partial charge in [-0.05, 0) is 39.6 Å². The molecule has 0 unspecified atom stereocenters. The molecule has 166 valence electrons. The average molecular weight is 473 g/mol. The van der Waals surface area contributed by atoms with E-state index in [0.717, 1.165) is 32.3 Å². The quantitative estimate of drug-likeness (QED) is 0.264. The Morgan fingerprint density at radius 1 is 1.03 bits per heavy atom. The van der Waals surface area contributed by atoms with Gasteiger partial charge in [0, 0.05) is 5.75 Å². The first-order valence-electron chi connectivity index (χ1n) is 10.8. The fourth-order valence-corrected chi connectivity index (χ4v) is 5.54. The first-order valence-corrected chi connectivity index (χ1v) is 12.7. The van der Waals surface area contributed by atoms with Gasteiger partial charge in [0.2, 0.25) is 5.78 Å². The van der Waals surface area contributed by atoms with Gasteiger partial charge in [-0.25, -0.2) is 0 Å². The van der Waals surface area contributed by atoms with Gasteiger partial charge in [-0.2, -0.15) is 0 Å². The number of fused-ring (bicyclic) bond motifs is 3. The van der Waals surface area contributed by atoms with E-state index in [9.17, 15) is 4.79 Å². The summed E-state index contributed by atoms with van der Waals surface area (Å²) in [5.74, 6) is 1.81. The fraction of sp³-hybridized carbons (Fsp3) is 0.192. The Bertz CT molecular complexity index is 1490. The van der Waals surface area contributed by atoms with E-state index in [4.69, 9.17) is 0 Å². The second-order valence-electron chi connectivity index (χ2n) is 8.27. The Balaban J connectivity index is 1.53. The minimum Gasteiger partial charge on any atom is -0.271 e. The lowest BCUT2D eigenvalue weighted by Crippen LogP contribution is -2.23. The van der Waals surface area contributed by atoms with E-state index in [1.54, 1.807) is 16.3 Å². The summed E-state index contributed by atoms with van der Waals surface area (Å²) < 4.78 is 4.47. The molecular weight excluding hydrogens is 448 g/mol. The van der Waals surface area contributed by atoms with Gasteiger partial charge in [0.15, 0.2) is 5.16 Å². The maximum Gasteiger partial charge on any atom is 0.273 e. The average Bonchev–Trinajstić information content (AvgIpc) is 3.48. The number of nitrogens with zero attached hydrogens (tertiary/aromatic N) is 4. The smallest absolute Gasteiger partial charge is 0.271 e. The van der Waals surface area contributed by atoms with Gasteiger partial charge in [0.1, 0.15) is 4.70 Å². The van der Waals surface area contributed by atoms with Gasteiger partial charge < -0.3 is 0 Å². The van der Waals surface area contributed by atoms with Crippen molar-refractivity contribution in [2.45, 2.75) is 37.2 Å². The van der Waals surface area contributed by atoms with Crippen LogP contribution in [0.4, 0.5) is 0 Å². The zero-order valence-electron chi connectivity index (χ0n) is 18.6. The molecule has 0 aliphatic carbocycles. The summed E-state index contributed by atoms with van der Waals surface area (Å²) >= 11 is 3.08. The van der Waals surface area contributed by atoms with Crippen molar-refractivity contribution in [3.63, 3.8) is 0 Å². The second kappa shape index (κ2) is 9.00. The van der Waals surface area contributed by atoms with Crippen LogP contribution in [0.1, 0.15) is 42.0 Å². The highest BCUT2D eigenvalue weighted by Crippen LogP contribution is 2.27. The predicted molar refractivity (Wildman–Crippen MR) is 138 cm³/mol. The molecule has 0 aliphatic rings. The molecule has 3 aromatic heterocycles. The largest absolute Gasteiger partial charge is 0.273 e. The normalized spacial score (nSPS) is 11.6. The highest BCUT2D eigenvalue weighted by atomic mass is 32.2. The molecule has 5 nitrogen and oxygen atoms in total. The zero-order chi connectivity index (χ0) is 22.9. The second-order valence-corrected chi connectivity index (χ2v) is 10.1. The molecule has 33 heavy (non-hydrogen) atoms. The summed E-state index contributed by atoms with van der Waals surface area (Å²) in [4.78, 5) is 13.3. The Hall–Kier alpha value is -3.16. The molecule has 0 saturated heterocycles. The van der Waals surface area contributed by atoms with Crippen LogP contribution in [0.15, 0.2) is 76.5 Å². The van der Waals surface area contributed by atoms with E-state index in [1.807, 2.05) is 21.9 Å². The van der Waals surface area contributed by atoms with Gasteiger partial charge in [-0.1, -0.05) is 86.8 Å². The van der Waals surface area contributed by atoms with E-state index in [0.29, 0.717) is 18.2 Å². The van der Waals surface area contributed by atoms with Crippen LogP contribution in [0.25, 0.3) is 22.1 Å². The third-order valence-corrected chi connectivity index (χ3v) is 7.64. The molecule has 0 radical (unpaired) electrons. The topological polar surface area (TPSA) is 52.2 Å². The molecule has 0 amide bonds. The number of benzene rings is 2. The van der Waals surface area contributed by atoms with Crippen LogP contribution in [-0.2, 0) is 12.3 Å². The number of thioether (sulfide) groups is 1. The van der Waals surface area contributed by atoms with Crippen LogP contribution in [0.2, 0.25) is 0 Å². The Kier molecular flexibility index (Phi) is 5.91. The summed E-state index contributed by atoms with van der Waals surface area (Å²) in [6.45, 7) is 8.62. The molecule has 5 aromatic rings. The van der Waals surface area contributed by atoms with Crippen LogP contribution in [0.3, 0.4) is 0 Å². The zero-order valence-corrected chi connectivity index (χ0v) is 20.2. The Morgan fingerprint density at radius 2 is 1.76 bits per heavy atom. The maximum atomic E-state index is 13.3. The molecule has 2 aromatic carbocycles. The lowest BCUT2D eigenvalue weighted by Gasteiger charge is -2.11. The van der Waals surface area contributed by atoms with Crippen molar-refractivity contribution in [1.29, 1.82) is 0 Å². The van der Waals surface area contributed by atoms with E-state index >= 15 is 0 Å². The molecule has 7 heteroatoms. The van der Waals surface area contributed by atoms with Crippen molar-refractivity contribution < 1.29 is 0 Å². The number of thiophene rings is 1. The molecule has 0 bridgehead atoms. The predicted octanol–water partition coefficient (Wildman–Crippen LogP) is 6.21. The van der Waals surface area contributed by atoms with Gasteiger partial charge in [0.25, 0.3) is 5.56 Å². The van der Waals surface area contributed by atoms with Crippen molar-refractivity contribution in [3.05, 3.63) is 99.2 Å². The van der Waals surface area contributed by atoms with Crippen molar-refractivity contribution in [1.82, 2.24) is 19.2 Å². The number of hydrogen-bond acceptors (Lipinski definition) is 5. The summed E-state index contributed by atoms with van der Waals surface area (Å²) in [5, 5.41) is 11.6. The summed E-state index contributed by atoms with van der Waals surface area (Å²) in [6, 6.07) is 18.7. The standard InChI is InChI=1S/C26H24N4OS2/c1-4-18-5-7-20(8-6-18)16-33-26-28-27-25-29(15-19-9-11-21(12-10-19)17(2)3)24(31)23-22(30(25)26)13-14-32-23/h4-14,17H,1,15-16H2,2-3H3. The van der Waals surface area contributed by atoms with Gasteiger partial charge in [-0.15, -0.1) is 21.5 Å². The van der Waals surface area contributed by atoms with Gasteiger partial charge >= 0.3 is 0 Å². The molecule has 3 heterocycles. The first-order chi connectivity index (χ1) is 16.0. The third kappa shape index (κ3) is 4.14. The monoisotopic (exact) mass is 472 g/mol. The lowest BCUT2D eigenvalue weighted by molar-refractivity contribution is 0.764. The van der Waals surface area contributed by atoms with Crippen LogP contribution in [0.5, 0.6) is 0 Å². The van der Waals surface area contributed by atoms with E-state index in [1.165, 1.54) is 22.5 Å². The molecule has 0 spiro atoms. The van der Waals surface area contributed by atoms with Crippen molar-refractivity contribution in [2.75, 3.05) is 0 Å². The van der Waals surface area contributed by atoms with Crippen LogP contribution in [-0.4, -0.2) is 19.2 Å². The molecule has 0 saturated carbocycles. The van der Waals surface area contributed by atoms with Crippen molar-refractivity contribution >= 4 is 45.2 Å². The van der Waals surface area contributed by atoms with Gasteiger partial charge in [-0.3, -0.25) is 13.8 Å². The lowest BCUT2D eigenvalue weighted by atomic mass is 10.0. The number of aromatic nitrogens is 4. The minimum atomic E-state index is -0.0237. The molecular formula is C26H24N4OS2. The number of rotatable bonds is 7. The SMILES string of the molecule is C=Cc1ccc(CSc2nnc3n(Cc4ccc(C(C)C)cc4)c(=O)c4sccc4n23)cc1. The van der Waals surface area contributed by atoms with E-state index in [-0.39, 0.29) is 5.56 Å². The van der Waals surface area contributed by atoms with Crippen LogP contribution < -0.4 is 5.56 Å². The molecule has 0 N–H and O–H groups in total. The summed E-state index contributed by atoms with van der Waals surface area (Å²) in [5.41, 5.74) is 5.49. The van der Waals surface area contributed by atoms with Gasteiger partial charge in [0.05, 0.1) is 12.1 Å². The van der Waals surface area contributed by atoms with E-state index in [2.05, 4.69) is 79.2 Å². The fourth-order valence-electron chi connectivity index (χ4n) is 3.82. The van der Waals surface area contributed by atoms with Crippen molar-refractivity contribution in [2.24, 2.45) is 0 Å². The molecule has 5 rings (SSSR count). The van der Waals surface area contributed by atoms with Crippen LogP contribution in [0, 0.1) is 0 Å². The highest BCUT2D eigenvalue weighted by Gasteiger charge is 2.18. The number of hydrogen-bond donors (Lipinski definition) is 0. The molecule has 0 fully saturated rings. The molecule has 0 aliphatic heterocycles. The first kappa shape index (κ1) is 21.7. The minimum absolute atomic E-state index is 0.0237.